The number of aromatic amines is 1. The molecular formula is C15H11ClF4N2O4. The molecule has 1 heterocycles. The number of ether oxygens (including phenoxy) is 1. The van der Waals surface area contributed by atoms with Crippen LogP contribution < -0.4 is 11.2 Å². The largest absolute Gasteiger partial charge is 0.459 e. The summed E-state index contributed by atoms with van der Waals surface area (Å²) in [5, 5.41) is -0.353. The molecule has 1 aromatic carbocycles. The molecule has 0 fully saturated rings. The van der Waals surface area contributed by atoms with Gasteiger partial charge in [0.1, 0.15) is 11.5 Å². The molecular weight excluding hydrogens is 384 g/mol. The van der Waals surface area contributed by atoms with Crippen LogP contribution in [0.2, 0.25) is 5.02 Å². The van der Waals surface area contributed by atoms with E-state index in [4.69, 9.17) is 16.3 Å². The third-order valence-electron chi connectivity index (χ3n) is 3.08. The summed E-state index contributed by atoms with van der Waals surface area (Å²) in [6.45, 7) is 3.09. The summed E-state index contributed by atoms with van der Waals surface area (Å²) < 4.78 is 57.1. The first-order valence-corrected chi connectivity index (χ1v) is 7.43. The van der Waals surface area contributed by atoms with Crippen molar-refractivity contribution in [2.45, 2.75) is 26.1 Å². The summed E-state index contributed by atoms with van der Waals surface area (Å²) in [6, 6.07) is 1.51. The summed E-state index contributed by atoms with van der Waals surface area (Å²) in [5.41, 5.74) is -5.66. The highest BCUT2D eigenvalue weighted by Crippen LogP contribution is 2.26. The number of hydrogen-bond donors (Lipinski definition) is 1. The Morgan fingerprint density at radius 2 is 1.85 bits per heavy atom. The molecule has 0 radical (unpaired) electrons. The van der Waals surface area contributed by atoms with Crippen LogP contribution in [0.25, 0.3) is 5.69 Å². The number of nitrogens with one attached hydrogen (secondary N) is 1. The number of carbonyl (C=O) groups is 1. The Hall–Kier alpha value is -2.62. The van der Waals surface area contributed by atoms with Crippen LogP contribution in [0.15, 0.2) is 27.8 Å². The Morgan fingerprint density at radius 1 is 1.23 bits per heavy atom. The molecule has 1 aromatic heterocycles. The van der Waals surface area contributed by atoms with Gasteiger partial charge in [0, 0.05) is 6.07 Å². The van der Waals surface area contributed by atoms with E-state index in [2.05, 4.69) is 0 Å². The Labute approximate surface area is 148 Å². The Morgan fingerprint density at radius 3 is 2.35 bits per heavy atom. The average Bonchev–Trinajstić information content (AvgIpc) is 2.46. The quantitative estimate of drug-likeness (QED) is 0.641. The van der Waals surface area contributed by atoms with Gasteiger partial charge in [0.2, 0.25) is 0 Å². The van der Waals surface area contributed by atoms with Gasteiger partial charge in [0.25, 0.3) is 5.56 Å². The van der Waals surface area contributed by atoms with Gasteiger partial charge >= 0.3 is 17.8 Å². The van der Waals surface area contributed by atoms with Gasteiger partial charge in [-0.25, -0.2) is 18.5 Å². The molecule has 0 saturated heterocycles. The van der Waals surface area contributed by atoms with E-state index in [0.717, 1.165) is 6.07 Å². The zero-order valence-corrected chi connectivity index (χ0v) is 14.0. The van der Waals surface area contributed by atoms with E-state index in [-0.39, 0.29) is 21.2 Å². The predicted octanol–water partition coefficient (Wildman–Crippen LogP) is 2.90. The molecule has 0 amide bonds. The standard InChI is InChI=1S/C15H11ClF4N2O4/c1-6(2)26-13(24)7-3-10(9(17)4-8(7)16)22-12(23)5-11(15(18,19)20)21-14(22)25/h3-6H,1-2H3,(H,21,25). The predicted molar refractivity (Wildman–Crippen MR) is 83.2 cm³/mol. The number of halogens is 5. The molecule has 0 bridgehead atoms. The molecule has 0 aliphatic rings. The lowest BCUT2D eigenvalue weighted by Gasteiger charge is -2.13. The molecule has 0 atom stereocenters. The number of aromatic nitrogens is 2. The van der Waals surface area contributed by atoms with Crippen molar-refractivity contribution < 1.29 is 27.1 Å². The molecule has 0 aliphatic carbocycles. The smallest absolute Gasteiger partial charge is 0.431 e. The summed E-state index contributed by atoms with van der Waals surface area (Å²) in [7, 11) is 0. The van der Waals surface area contributed by atoms with E-state index in [9.17, 15) is 31.9 Å². The van der Waals surface area contributed by atoms with Crippen molar-refractivity contribution in [3.63, 3.8) is 0 Å². The molecule has 2 aromatic rings. The second-order valence-electron chi connectivity index (χ2n) is 5.40. The van der Waals surface area contributed by atoms with Crippen LogP contribution in [0.4, 0.5) is 17.6 Å². The van der Waals surface area contributed by atoms with E-state index >= 15 is 0 Å². The van der Waals surface area contributed by atoms with Gasteiger partial charge in [-0.15, -0.1) is 0 Å². The first-order chi connectivity index (χ1) is 11.9. The number of benzene rings is 1. The number of rotatable bonds is 3. The Balaban J connectivity index is 2.68. The lowest BCUT2D eigenvalue weighted by molar-refractivity contribution is -0.141. The van der Waals surface area contributed by atoms with Crippen LogP contribution in [0.5, 0.6) is 0 Å². The maximum Gasteiger partial charge on any atom is 0.431 e. The van der Waals surface area contributed by atoms with Gasteiger partial charge in [0.05, 0.1) is 22.4 Å². The normalized spacial score (nSPS) is 11.7. The number of carbonyl (C=O) groups excluding carboxylic acids is 1. The van der Waals surface area contributed by atoms with Crippen molar-refractivity contribution in [3.8, 4) is 5.69 Å². The minimum absolute atomic E-state index is 0.0988. The SMILES string of the molecule is CC(C)OC(=O)c1cc(-n2c(=O)cc(C(F)(F)F)[nH]c2=O)c(F)cc1Cl. The van der Waals surface area contributed by atoms with Crippen LogP contribution in [0, 0.1) is 5.82 Å². The van der Waals surface area contributed by atoms with Crippen LogP contribution in [-0.2, 0) is 10.9 Å². The number of alkyl halides is 3. The van der Waals surface area contributed by atoms with E-state index in [1.165, 1.54) is 4.98 Å². The first kappa shape index (κ1) is 19.7. The van der Waals surface area contributed by atoms with Crippen molar-refractivity contribution in [3.05, 3.63) is 61.1 Å². The van der Waals surface area contributed by atoms with E-state index in [1.54, 1.807) is 13.8 Å². The molecule has 0 saturated carbocycles. The van der Waals surface area contributed by atoms with Crippen molar-refractivity contribution in [1.82, 2.24) is 9.55 Å². The topological polar surface area (TPSA) is 81.2 Å². The van der Waals surface area contributed by atoms with Gasteiger partial charge < -0.3 is 9.72 Å². The molecule has 11 heteroatoms. The molecule has 140 valence electrons. The number of H-pyrrole nitrogens is 1. The second kappa shape index (κ2) is 6.94. The fourth-order valence-electron chi connectivity index (χ4n) is 2.02. The number of nitrogens with zero attached hydrogens (tertiary/aromatic N) is 1. The molecule has 0 spiro atoms. The fraction of sp³-hybridized carbons (Fsp3) is 0.267. The van der Waals surface area contributed by atoms with Crippen LogP contribution in [0.1, 0.15) is 29.9 Å². The average molecular weight is 395 g/mol. The highest BCUT2D eigenvalue weighted by atomic mass is 35.5. The Bertz CT molecular complexity index is 948. The fourth-order valence-corrected chi connectivity index (χ4v) is 2.25. The summed E-state index contributed by atoms with van der Waals surface area (Å²) in [4.78, 5) is 37.2. The number of esters is 1. The molecule has 2 rings (SSSR count). The van der Waals surface area contributed by atoms with Crippen molar-refractivity contribution >= 4 is 17.6 Å². The zero-order chi connectivity index (χ0) is 19.8. The lowest BCUT2D eigenvalue weighted by atomic mass is 10.2. The molecule has 6 nitrogen and oxygen atoms in total. The maximum atomic E-state index is 14.2. The summed E-state index contributed by atoms with van der Waals surface area (Å²) in [5.74, 6) is -2.15. The molecule has 0 aliphatic heterocycles. The van der Waals surface area contributed by atoms with Gasteiger partial charge in [-0.05, 0) is 26.0 Å². The zero-order valence-electron chi connectivity index (χ0n) is 13.3. The second-order valence-corrected chi connectivity index (χ2v) is 5.80. The van der Waals surface area contributed by atoms with E-state index < -0.39 is 46.7 Å². The Kier molecular flexibility index (Phi) is 5.26. The van der Waals surface area contributed by atoms with Gasteiger partial charge in [-0.1, -0.05) is 11.6 Å². The lowest BCUT2D eigenvalue weighted by Crippen LogP contribution is -2.36. The van der Waals surface area contributed by atoms with Crippen molar-refractivity contribution in [1.29, 1.82) is 0 Å². The van der Waals surface area contributed by atoms with Crippen LogP contribution in [0.3, 0.4) is 0 Å². The molecule has 0 unspecified atom stereocenters. The van der Waals surface area contributed by atoms with Gasteiger partial charge in [0.15, 0.2) is 0 Å². The van der Waals surface area contributed by atoms with E-state index in [1.807, 2.05) is 0 Å². The molecule has 26 heavy (non-hydrogen) atoms. The minimum Gasteiger partial charge on any atom is -0.459 e. The maximum absolute atomic E-state index is 14.2. The van der Waals surface area contributed by atoms with Crippen molar-refractivity contribution in [2.24, 2.45) is 0 Å². The summed E-state index contributed by atoms with van der Waals surface area (Å²) >= 11 is 5.77. The third-order valence-corrected chi connectivity index (χ3v) is 3.39. The minimum atomic E-state index is -4.97. The highest BCUT2D eigenvalue weighted by Gasteiger charge is 2.33. The third kappa shape index (κ3) is 3.96. The van der Waals surface area contributed by atoms with Gasteiger partial charge in [-0.3, -0.25) is 4.79 Å². The van der Waals surface area contributed by atoms with Crippen molar-refractivity contribution in [2.75, 3.05) is 0 Å². The summed E-state index contributed by atoms with van der Waals surface area (Å²) in [6.07, 6.45) is -5.51. The van der Waals surface area contributed by atoms with Gasteiger partial charge in [-0.2, -0.15) is 13.2 Å². The van der Waals surface area contributed by atoms with Crippen LogP contribution >= 0.6 is 11.6 Å². The molecule has 1 N–H and O–H groups in total. The highest BCUT2D eigenvalue weighted by molar-refractivity contribution is 6.33. The van der Waals surface area contributed by atoms with Crippen LogP contribution in [-0.4, -0.2) is 21.6 Å². The monoisotopic (exact) mass is 394 g/mol. The van der Waals surface area contributed by atoms with E-state index in [0.29, 0.717) is 6.07 Å². The first-order valence-electron chi connectivity index (χ1n) is 7.05. The number of hydrogen-bond acceptors (Lipinski definition) is 4.